The maximum Gasteiger partial charge on any atom is 0.573 e. The smallest absolute Gasteiger partial charge is 0.406 e. The maximum absolute atomic E-state index is 12.2. The fourth-order valence-electron chi connectivity index (χ4n) is 2.86. The van der Waals surface area contributed by atoms with Gasteiger partial charge in [0.05, 0.1) is 6.04 Å². The first-order chi connectivity index (χ1) is 11.4. The van der Waals surface area contributed by atoms with Gasteiger partial charge in [-0.2, -0.15) is 0 Å². The minimum absolute atomic E-state index is 0.258. The van der Waals surface area contributed by atoms with Gasteiger partial charge in [0.1, 0.15) is 12.0 Å². The van der Waals surface area contributed by atoms with Crippen LogP contribution in [0.4, 0.5) is 13.2 Å². The van der Waals surface area contributed by atoms with E-state index in [0.717, 1.165) is 27.4 Å². The number of fused-ring (bicyclic) bond motifs is 1. The molecule has 0 radical (unpaired) electrons. The molecule has 0 saturated heterocycles. The van der Waals surface area contributed by atoms with Gasteiger partial charge in [-0.3, -0.25) is 4.90 Å². The van der Waals surface area contributed by atoms with Gasteiger partial charge in [-0.05, 0) is 41.0 Å². The number of hydrogen-bond acceptors (Lipinski definition) is 3. The van der Waals surface area contributed by atoms with Gasteiger partial charge in [0.2, 0.25) is 0 Å². The number of benzene rings is 2. The first-order valence-corrected chi connectivity index (χ1v) is 7.97. The predicted octanol–water partition coefficient (Wildman–Crippen LogP) is 4.60. The molecule has 1 aliphatic heterocycles. The summed E-state index contributed by atoms with van der Waals surface area (Å²) < 4.78 is 41.3. The highest BCUT2D eigenvalue weighted by Crippen LogP contribution is 2.35. The standard InChI is InChI=1S/C17H13BrF3NO2/c18-13-3-6-15-12(7-13)9-22(16(15)10-23)8-11-1-4-14(5-2-11)24-17(19,20)21/h1-7,10,16H,8-9H2. The van der Waals surface area contributed by atoms with Gasteiger partial charge in [-0.25, -0.2) is 0 Å². The second kappa shape index (κ2) is 6.57. The predicted molar refractivity (Wildman–Crippen MR) is 85.3 cm³/mol. The Balaban J connectivity index is 1.73. The van der Waals surface area contributed by atoms with E-state index in [0.29, 0.717) is 13.1 Å². The van der Waals surface area contributed by atoms with Gasteiger partial charge in [0, 0.05) is 17.6 Å². The van der Waals surface area contributed by atoms with E-state index in [2.05, 4.69) is 20.7 Å². The summed E-state index contributed by atoms with van der Waals surface area (Å²) in [7, 11) is 0. The third-order valence-electron chi connectivity index (χ3n) is 3.86. The Morgan fingerprint density at radius 3 is 2.54 bits per heavy atom. The first-order valence-electron chi connectivity index (χ1n) is 7.18. The van der Waals surface area contributed by atoms with Gasteiger partial charge >= 0.3 is 6.36 Å². The lowest BCUT2D eigenvalue weighted by molar-refractivity contribution is -0.274. The molecule has 1 heterocycles. The van der Waals surface area contributed by atoms with Crippen LogP contribution in [0.15, 0.2) is 46.9 Å². The van der Waals surface area contributed by atoms with Gasteiger partial charge in [-0.1, -0.05) is 34.1 Å². The molecule has 0 saturated carbocycles. The molecule has 1 atom stereocenters. The minimum Gasteiger partial charge on any atom is -0.406 e. The van der Waals surface area contributed by atoms with Gasteiger partial charge < -0.3 is 9.53 Å². The van der Waals surface area contributed by atoms with Crippen LogP contribution in [0.5, 0.6) is 5.75 Å². The SMILES string of the molecule is O=CC1c2ccc(Br)cc2CN1Cc1ccc(OC(F)(F)F)cc1. The van der Waals surface area contributed by atoms with E-state index in [1.54, 1.807) is 12.1 Å². The number of halogens is 4. The molecule has 7 heteroatoms. The Morgan fingerprint density at radius 2 is 1.92 bits per heavy atom. The highest BCUT2D eigenvalue weighted by atomic mass is 79.9. The van der Waals surface area contributed by atoms with Crippen molar-refractivity contribution in [3.63, 3.8) is 0 Å². The van der Waals surface area contributed by atoms with E-state index in [1.807, 2.05) is 23.1 Å². The number of hydrogen-bond donors (Lipinski definition) is 0. The number of aldehydes is 1. The summed E-state index contributed by atoms with van der Waals surface area (Å²) in [4.78, 5) is 13.4. The normalized spacial score (nSPS) is 17.6. The highest BCUT2D eigenvalue weighted by molar-refractivity contribution is 9.10. The third-order valence-corrected chi connectivity index (χ3v) is 4.36. The lowest BCUT2D eigenvalue weighted by Crippen LogP contribution is -2.22. The molecule has 0 spiro atoms. The fraction of sp³-hybridized carbons (Fsp3) is 0.235. The van der Waals surface area contributed by atoms with Crippen LogP contribution < -0.4 is 4.74 Å². The summed E-state index contributed by atoms with van der Waals surface area (Å²) in [5.74, 6) is -0.258. The van der Waals surface area contributed by atoms with Crippen LogP contribution >= 0.6 is 15.9 Å². The van der Waals surface area contributed by atoms with Gasteiger partial charge in [-0.15, -0.1) is 13.2 Å². The number of ether oxygens (including phenoxy) is 1. The minimum atomic E-state index is -4.70. The lowest BCUT2D eigenvalue weighted by Gasteiger charge is -2.20. The van der Waals surface area contributed by atoms with E-state index in [4.69, 9.17) is 0 Å². The molecule has 2 aromatic carbocycles. The zero-order valence-electron chi connectivity index (χ0n) is 12.4. The second-order valence-electron chi connectivity index (χ2n) is 5.52. The molecule has 126 valence electrons. The monoisotopic (exact) mass is 399 g/mol. The average molecular weight is 400 g/mol. The first kappa shape index (κ1) is 17.0. The Kier molecular flexibility index (Phi) is 4.64. The van der Waals surface area contributed by atoms with Crippen molar-refractivity contribution in [2.45, 2.75) is 25.5 Å². The summed E-state index contributed by atoms with van der Waals surface area (Å²) in [6.45, 7) is 1.07. The summed E-state index contributed by atoms with van der Waals surface area (Å²) in [5.41, 5.74) is 2.84. The molecule has 0 fully saturated rings. The largest absolute Gasteiger partial charge is 0.573 e. The van der Waals surface area contributed by atoms with Crippen molar-refractivity contribution in [1.29, 1.82) is 0 Å². The van der Waals surface area contributed by atoms with Crippen molar-refractivity contribution < 1.29 is 22.7 Å². The summed E-state index contributed by atoms with van der Waals surface area (Å²) in [5, 5.41) is 0. The van der Waals surface area contributed by atoms with Crippen molar-refractivity contribution in [2.24, 2.45) is 0 Å². The molecule has 0 amide bonds. The van der Waals surface area contributed by atoms with Crippen LogP contribution in [0.25, 0.3) is 0 Å². The van der Waals surface area contributed by atoms with E-state index in [-0.39, 0.29) is 11.8 Å². The maximum atomic E-state index is 12.2. The molecule has 1 aliphatic rings. The van der Waals surface area contributed by atoms with Crippen molar-refractivity contribution in [2.75, 3.05) is 0 Å². The number of carbonyl (C=O) groups excluding carboxylic acids is 1. The van der Waals surface area contributed by atoms with E-state index in [9.17, 15) is 18.0 Å². The number of alkyl halides is 3. The fourth-order valence-corrected chi connectivity index (χ4v) is 3.27. The molecule has 2 aromatic rings. The molecule has 0 aromatic heterocycles. The van der Waals surface area contributed by atoms with Crippen LogP contribution in [0.2, 0.25) is 0 Å². The van der Waals surface area contributed by atoms with E-state index >= 15 is 0 Å². The number of carbonyl (C=O) groups is 1. The molecular formula is C17H13BrF3NO2. The Labute approximate surface area is 145 Å². The third kappa shape index (κ3) is 3.79. The lowest BCUT2D eigenvalue weighted by atomic mass is 10.1. The van der Waals surface area contributed by atoms with Gasteiger partial charge in [0.15, 0.2) is 0 Å². The topological polar surface area (TPSA) is 29.5 Å². The molecule has 1 unspecified atom stereocenters. The van der Waals surface area contributed by atoms with Crippen LogP contribution in [0.3, 0.4) is 0 Å². The van der Waals surface area contributed by atoms with Gasteiger partial charge in [0.25, 0.3) is 0 Å². The summed E-state index contributed by atoms with van der Waals surface area (Å²) in [6, 6.07) is 11.1. The van der Waals surface area contributed by atoms with Crippen LogP contribution in [-0.2, 0) is 17.9 Å². The summed E-state index contributed by atoms with van der Waals surface area (Å²) in [6.07, 6.45) is -3.81. The Hall–Kier alpha value is -1.86. The molecule has 24 heavy (non-hydrogen) atoms. The Morgan fingerprint density at radius 1 is 1.21 bits per heavy atom. The second-order valence-corrected chi connectivity index (χ2v) is 6.44. The van der Waals surface area contributed by atoms with Crippen molar-refractivity contribution >= 4 is 22.2 Å². The zero-order valence-corrected chi connectivity index (χ0v) is 14.0. The van der Waals surface area contributed by atoms with Crippen molar-refractivity contribution in [3.8, 4) is 5.75 Å². The molecular weight excluding hydrogens is 387 g/mol. The van der Waals surface area contributed by atoms with Crippen LogP contribution in [-0.4, -0.2) is 17.5 Å². The molecule has 0 aliphatic carbocycles. The highest BCUT2D eigenvalue weighted by Gasteiger charge is 2.31. The Bertz CT molecular complexity index is 746. The van der Waals surface area contributed by atoms with Crippen molar-refractivity contribution in [1.82, 2.24) is 4.90 Å². The number of nitrogens with zero attached hydrogens (tertiary/aromatic N) is 1. The molecule has 0 bridgehead atoms. The van der Waals surface area contributed by atoms with Crippen LogP contribution in [0.1, 0.15) is 22.7 Å². The van der Waals surface area contributed by atoms with E-state index in [1.165, 1.54) is 12.1 Å². The molecule has 3 rings (SSSR count). The average Bonchev–Trinajstić information content (AvgIpc) is 2.83. The zero-order chi connectivity index (χ0) is 17.3. The quantitative estimate of drug-likeness (QED) is 0.703. The number of rotatable bonds is 4. The van der Waals surface area contributed by atoms with E-state index < -0.39 is 6.36 Å². The molecule has 3 nitrogen and oxygen atoms in total. The van der Waals surface area contributed by atoms with Crippen molar-refractivity contribution in [3.05, 3.63) is 63.6 Å². The summed E-state index contributed by atoms with van der Waals surface area (Å²) >= 11 is 3.41. The molecule has 0 N–H and O–H groups in total. The van der Waals surface area contributed by atoms with Crippen LogP contribution in [0, 0.1) is 0 Å².